The number of fused-ring (bicyclic) bond motifs is 1. The van der Waals surface area contributed by atoms with Crippen LogP contribution in [0, 0.1) is 5.92 Å². The molecule has 2 aliphatic rings. The van der Waals surface area contributed by atoms with Crippen LogP contribution < -0.4 is 0 Å². The molecule has 4 nitrogen and oxygen atoms in total. The van der Waals surface area contributed by atoms with E-state index in [1.807, 2.05) is 0 Å². The number of carboxylic acids is 1. The van der Waals surface area contributed by atoms with E-state index >= 15 is 0 Å². The second-order valence-electron chi connectivity index (χ2n) is 5.38. The van der Waals surface area contributed by atoms with Crippen molar-refractivity contribution in [2.24, 2.45) is 5.92 Å². The Morgan fingerprint density at radius 2 is 2.21 bits per heavy atom. The summed E-state index contributed by atoms with van der Waals surface area (Å²) in [6.45, 7) is 0.941. The van der Waals surface area contributed by atoms with Gasteiger partial charge in [-0.25, -0.2) is 0 Å². The van der Waals surface area contributed by atoms with Gasteiger partial charge < -0.3 is 10.0 Å². The molecule has 102 valence electrons. The van der Waals surface area contributed by atoms with Crippen molar-refractivity contribution in [3.8, 4) is 0 Å². The number of hydrogen-bond donors (Lipinski definition) is 1. The van der Waals surface area contributed by atoms with Crippen LogP contribution in [0.3, 0.4) is 0 Å². The summed E-state index contributed by atoms with van der Waals surface area (Å²) in [4.78, 5) is 27.1. The van der Waals surface area contributed by atoms with Gasteiger partial charge in [-0.3, -0.25) is 9.59 Å². The van der Waals surface area contributed by atoms with E-state index in [2.05, 4.69) is 6.07 Å². The lowest BCUT2D eigenvalue weighted by atomic mass is 9.99. The molecule has 1 atom stereocenters. The zero-order valence-electron chi connectivity index (χ0n) is 10.7. The Kier molecular flexibility index (Phi) is 3.31. The first-order valence-corrected chi connectivity index (χ1v) is 7.56. The van der Waals surface area contributed by atoms with Crippen LogP contribution in [0.4, 0.5) is 0 Å². The molecule has 1 N–H and O–H groups in total. The Balaban J connectivity index is 1.70. The van der Waals surface area contributed by atoms with Crippen molar-refractivity contribution in [3.63, 3.8) is 0 Å². The number of likely N-dealkylation sites (tertiary alicyclic amines) is 1. The molecule has 1 aromatic heterocycles. The summed E-state index contributed by atoms with van der Waals surface area (Å²) in [5, 5.41) is 8.97. The molecule has 1 unspecified atom stereocenters. The Morgan fingerprint density at radius 3 is 2.89 bits per heavy atom. The van der Waals surface area contributed by atoms with Crippen LogP contribution in [0.2, 0.25) is 0 Å². The molecule has 5 heteroatoms. The normalized spacial score (nSPS) is 22.6. The minimum absolute atomic E-state index is 0.0289. The average Bonchev–Trinajstić information content (AvgIpc) is 2.93. The summed E-state index contributed by atoms with van der Waals surface area (Å²) in [7, 11) is 0. The minimum Gasteiger partial charge on any atom is -0.481 e. The lowest BCUT2D eigenvalue weighted by Crippen LogP contribution is -2.25. The number of aliphatic carboxylic acids is 1. The fraction of sp³-hybridized carbons (Fsp3) is 0.571. The van der Waals surface area contributed by atoms with Gasteiger partial charge in [0.05, 0.1) is 12.5 Å². The highest BCUT2D eigenvalue weighted by Gasteiger charge is 2.34. The molecule has 1 amide bonds. The molecule has 1 saturated heterocycles. The number of nitrogens with zero attached hydrogens (tertiary/aromatic N) is 1. The highest BCUT2D eigenvalue weighted by molar-refractivity contribution is 7.12. The summed E-state index contributed by atoms with van der Waals surface area (Å²) in [5.74, 6) is -1.41. The molecule has 2 heterocycles. The van der Waals surface area contributed by atoms with Gasteiger partial charge in [0.25, 0.3) is 0 Å². The highest BCUT2D eigenvalue weighted by Crippen LogP contribution is 2.31. The van der Waals surface area contributed by atoms with Gasteiger partial charge in [-0.15, -0.1) is 11.3 Å². The van der Waals surface area contributed by atoms with E-state index in [1.54, 1.807) is 16.2 Å². The largest absolute Gasteiger partial charge is 0.481 e. The zero-order valence-corrected chi connectivity index (χ0v) is 11.5. The summed E-state index contributed by atoms with van der Waals surface area (Å²) in [6.07, 6.45) is 4.98. The smallest absolute Gasteiger partial charge is 0.308 e. The molecule has 1 aliphatic heterocycles. The van der Waals surface area contributed by atoms with Gasteiger partial charge in [0, 0.05) is 22.7 Å². The lowest BCUT2D eigenvalue weighted by Gasteiger charge is -2.14. The van der Waals surface area contributed by atoms with Crippen LogP contribution in [0.5, 0.6) is 0 Å². The summed E-state index contributed by atoms with van der Waals surface area (Å²) >= 11 is 1.79. The molecule has 0 radical (unpaired) electrons. The number of amides is 1. The second kappa shape index (κ2) is 4.96. The Hall–Kier alpha value is -1.36. The third-order valence-electron chi connectivity index (χ3n) is 3.96. The van der Waals surface area contributed by atoms with Crippen LogP contribution in [-0.2, 0) is 29.0 Å². The predicted octanol–water partition coefficient (Wildman–Crippen LogP) is 2.06. The summed E-state index contributed by atoms with van der Waals surface area (Å²) in [6, 6.07) is 2.21. The molecule has 0 aromatic carbocycles. The molecule has 1 aromatic rings. The van der Waals surface area contributed by atoms with Crippen molar-refractivity contribution in [2.75, 3.05) is 6.54 Å². The van der Waals surface area contributed by atoms with Crippen molar-refractivity contribution >= 4 is 23.2 Å². The van der Waals surface area contributed by atoms with Crippen molar-refractivity contribution in [3.05, 3.63) is 21.4 Å². The van der Waals surface area contributed by atoms with Crippen molar-refractivity contribution in [1.29, 1.82) is 0 Å². The number of aryl methyl sites for hydroxylation is 2. The fourth-order valence-corrected chi connectivity index (χ4v) is 4.19. The van der Waals surface area contributed by atoms with Crippen LogP contribution in [0.15, 0.2) is 6.07 Å². The maximum atomic E-state index is 11.8. The predicted molar refractivity (Wildman–Crippen MR) is 72.1 cm³/mol. The number of carbonyl (C=O) groups is 2. The third kappa shape index (κ3) is 2.52. The SMILES string of the molecule is O=C(O)C1CC(=O)N(Cc2cc3c(s2)CCCC3)C1. The van der Waals surface area contributed by atoms with E-state index in [0.717, 1.165) is 12.8 Å². The number of rotatable bonds is 3. The van der Waals surface area contributed by atoms with Crippen molar-refractivity contribution in [2.45, 2.75) is 38.6 Å². The van der Waals surface area contributed by atoms with Gasteiger partial charge in [-0.05, 0) is 37.3 Å². The van der Waals surface area contributed by atoms with Gasteiger partial charge in [0.1, 0.15) is 0 Å². The highest BCUT2D eigenvalue weighted by atomic mass is 32.1. The fourth-order valence-electron chi connectivity index (χ4n) is 2.91. The molecule has 0 saturated carbocycles. The molecule has 1 aliphatic carbocycles. The molecule has 0 bridgehead atoms. The third-order valence-corrected chi connectivity index (χ3v) is 5.18. The van der Waals surface area contributed by atoms with Crippen LogP contribution in [0.1, 0.15) is 34.6 Å². The van der Waals surface area contributed by atoms with Crippen molar-refractivity contribution in [1.82, 2.24) is 4.90 Å². The maximum Gasteiger partial charge on any atom is 0.308 e. The minimum atomic E-state index is -0.860. The molecular weight excluding hydrogens is 262 g/mol. The molecule has 3 rings (SSSR count). The van der Waals surface area contributed by atoms with Gasteiger partial charge in [0.2, 0.25) is 5.91 Å². The number of thiophene rings is 1. The molecule has 0 spiro atoms. The van der Waals surface area contributed by atoms with E-state index in [0.29, 0.717) is 13.1 Å². The monoisotopic (exact) mass is 279 g/mol. The topological polar surface area (TPSA) is 57.6 Å². The van der Waals surface area contributed by atoms with Crippen LogP contribution in [0.25, 0.3) is 0 Å². The van der Waals surface area contributed by atoms with E-state index in [9.17, 15) is 9.59 Å². The van der Waals surface area contributed by atoms with Crippen LogP contribution >= 0.6 is 11.3 Å². The molecule has 19 heavy (non-hydrogen) atoms. The number of carboxylic acid groups (broad SMARTS) is 1. The first kappa shape index (κ1) is 12.7. The van der Waals surface area contributed by atoms with Gasteiger partial charge in [-0.2, -0.15) is 0 Å². The Bertz CT molecular complexity index is 499. The number of carbonyl (C=O) groups excluding carboxylic acids is 1. The first-order valence-electron chi connectivity index (χ1n) is 6.74. The van der Waals surface area contributed by atoms with Gasteiger partial charge in [-0.1, -0.05) is 0 Å². The lowest BCUT2D eigenvalue weighted by molar-refractivity contribution is -0.141. The van der Waals surface area contributed by atoms with E-state index < -0.39 is 11.9 Å². The second-order valence-corrected chi connectivity index (χ2v) is 6.60. The standard InChI is InChI=1S/C14H17NO3S/c16-13-6-10(14(17)18)7-15(13)8-11-5-9-3-1-2-4-12(9)19-11/h5,10H,1-4,6-8H2,(H,17,18). The first-order chi connectivity index (χ1) is 9.13. The molecule has 1 fully saturated rings. The van der Waals surface area contributed by atoms with Crippen molar-refractivity contribution < 1.29 is 14.7 Å². The van der Waals surface area contributed by atoms with Gasteiger partial charge in [0.15, 0.2) is 0 Å². The van der Waals surface area contributed by atoms with E-state index in [1.165, 1.54) is 28.2 Å². The van der Waals surface area contributed by atoms with E-state index in [4.69, 9.17) is 5.11 Å². The molecular formula is C14H17NO3S. The van der Waals surface area contributed by atoms with Gasteiger partial charge >= 0.3 is 5.97 Å². The van der Waals surface area contributed by atoms with E-state index in [-0.39, 0.29) is 12.3 Å². The zero-order chi connectivity index (χ0) is 13.4. The quantitative estimate of drug-likeness (QED) is 0.921. The Morgan fingerprint density at radius 1 is 1.42 bits per heavy atom. The Labute approximate surface area is 116 Å². The summed E-state index contributed by atoms with van der Waals surface area (Å²) in [5.41, 5.74) is 1.44. The summed E-state index contributed by atoms with van der Waals surface area (Å²) < 4.78 is 0. The average molecular weight is 279 g/mol. The van der Waals surface area contributed by atoms with Crippen LogP contribution in [-0.4, -0.2) is 28.4 Å². The number of hydrogen-bond acceptors (Lipinski definition) is 3. The maximum absolute atomic E-state index is 11.8.